The standard InChI is InChI=1S/C21H24N4O2/c1-16-5-3-4-6-18(16)14-25-15-20(22-23-25)21-24(11-12-27-21)13-17-7-9-19(26-2)10-8-17/h3-10,15,21H,11-14H2,1-2H3. The molecule has 1 aromatic heterocycles. The van der Waals surface area contributed by atoms with Gasteiger partial charge in [0, 0.05) is 13.1 Å². The van der Waals surface area contributed by atoms with Crippen molar-refractivity contribution < 1.29 is 9.47 Å². The summed E-state index contributed by atoms with van der Waals surface area (Å²) in [6.45, 7) is 5.21. The Balaban J connectivity index is 1.45. The maximum Gasteiger partial charge on any atom is 0.157 e. The van der Waals surface area contributed by atoms with Crippen molar-refractivity contribution in [3.8, 4) is 5.75 Å². The molecule has 1 aliphatic heterocycles. The van der Waals surface area contributed by atoms with Crippen LogP contribution in [0.4, 0.5) is 0 Å². The van der Waals surface area contributed by atoms with Crippen LogP contribution >= 0.6 is 0 Å². The molecule has 1 fully saturated rings. The fourth-order valence-electron chi connectivity index (χ4n) is 3.37. The Morgan fingerprint density at radius 3 is 2.70 bits per heavy atom. The summed E-state index contributed by atoms with van der Waals surface area (Å²) < 4.78 is 13.1. The molecule has 0 spiro atoms. The summed E-state index contributed by atoms with van der Waals surface area (Å²) in [6, 6.07) is 16.5. The molecule has 6 nitrogen and oxygen atoms in total. The van der Waals surface area contributed by atoms with E-state index in [1.54, 1.807) is 7.11 Å². The van der Waals surface area contributed by atoms with E-state index < -0.39 is 0 Å². The van der Waals surface area contributed by atoms with Crippen molar-refractivity contribution in [3.63, 3.8) is 0 Å². The zero-order valence-corrected chi connectivity index (χ0v) is 15.7. The number of rotatable bonds is 6. The molecule has 2 heterocycles. The third-order valence-electron chi connectivity index (χ3n) is 4.93. The Labute approximate surface area is 159 Å². The molecular weight excluding hydrogens is 340 g/mol. The summed E-state index contributed by atoms with van der Waals surface area (Å²) in [6.07, 6.45) is 1.83. The largest absolute Gasteiger partial charge is 0.497 e. The lowest BCUT2D eigenvalue weighted by atomic mass is 10.1. The first-order valence-electron chi connectivity index (χ1n) is 9.16. The minimum absolute atomic E-state index is 0.155. The van der Waals surface area contributed by atoms with Gasteiger partial charge >= 0.3 is 0 Å². The summed E-state index contributed by atoms with van der Waals surface area (Å²) >= 11 is 0. The van der Waals surface area contributed by atoms with Crippen LogP contribution in [0.15, 0.2) is 54.7 Å². The van der Waals surface area contributed by atoms with Crippen molar-refractivity contribution in [2.24, 2.45) is 0 Å². The second kappa shape index (κ2) is 7.90. The highest BCUT2D eigenvalue weighted by molar-refractivity contribution is 5.27. The third kappa shape index (κ3) is 4.02. The number of hydrogen-bond acceptors (Lipinski definition) is 5. The summed E-state index contributed by atoms with van der Waals surface area (Å²) in [5.41, 5.74) is 4.58. The molecule has 1 aliphatic rings. The smallest absolute Gasteiger partial charge is 0.157 e. The molecule has 0 bridgehead atoms. The van der Waals surface area contributed by atoms with E-state index >= 15 is 0 Å². The molecule has 1 unspecified atom stereocenters. The molecule has 6 heteroatoms. The van der Waals surface area contributed by atoms with Crippen LogP contribution in [-0.4, -0.2) is 40.2 Å². The predicted octanol–water partition coefficient (Wildman–Crippen LogP) is 3.17. The molecule has 0 radical (unpaired) electrons. The number of methoxy groups -OCH3 is 1. The van der Waals surface area contributed by atoms with Gasteiger partial charge in [-0.3, -0.25) is 4.90 Å². The predicted molar refractivity (Wildman–Crippen MR) is 102 cm³/mol. The van der Waals surface area contributed by atoms with E-state index in [4.69, 9.17) is 9.47 Å². The van der Waals surface area contributed by atoms with Gasteiger partial charge in [0.1, 0.15) is 11.4 Å². The molecule has 4 rings (SSSR count). The zero-order chi connectivity index (χ0) is 18.6. The van der Waals surface area contributed by atoms with Crippen molar-refractivity contribution in [2.45, 2.75) is 26.2 Å². The van der Waals surface area contributed by atoms with Crippen LogP contribution in [0.5, 0.6) is 5.75 Å². The topological polar surface area (TPSA) is 52.4 Å². The number of aryl methyl sites for hydroxylation is 1. The van der Waals surface area contributed by atoms with Gasteiger partial charge in [-0.05, 0) is 35.7 Å². The van der Waals surface area contributed by atoms with Gasteiger partial charge in [-0.1, -0.05) is 41.6 Å². The highest BCUT2D eigenvalue weighted by atomic mass is 16.5. The van der Waals surface area contributed by atoms with Crippen LogP contribution in [-0.2, 0) is 17.8 Å². The van der Waals surface area contributed by atoms with Crippen molar-refractivity contribution in [1.29, 1.82) is 0 Å². The number of hydrogen-bond donors (Lipinski definition) is 0. The van der Waals surface area contributed by atoms with Gasteiger partial charge in [0.15, 0.2) is 6.23 Å². The highest BCUT2D eigenvalue weighted by Gasteiger charge is 2.29. The second-order valence-corrected chi connectivity index (χ2v) is 6.81. The lowest BCUT2D eigenvalue weighted by molar-refractivity contribution is 0.0252. The van der Waals surface area contributed by atoms with Gasteiger partial charge in [-0.2, -0.15) is 0 Å². The lowest BCUT2D eigenvalue weighted by Gasteiger charge is -2.21. The van der Waals surface area contributed by atoms with Crippen LogP contribution < -0.4 is 4.74 Å². The summed E-state index contributed by atoms with van der Waals surface area (Å²) in [4.78, 5) is 2.28. The van der Waals surface area contributed by atoms with Crippen molar-refractivity contribution in [3.05, 3.63) is 77.1 Å². The van der Waals surface area contributed by atoms with Gasteiger partial charge in [-0.25, -0.2) is 4.68 Å². The van der Waals surface area contributed by atoms with E-state index in [0.717, 1.165) is 24.5 Å². The molecule has 0 amide bonds. The SMILES string of the molecule is COc1ccc(CN2CCOC2c2cn(Cc3ccccc3C)nn2)cc1. The first kappa shape index (κ1) is 17.7. The van der Waals surface area contributed by atoms with Gasteiger partial charge in [0.25, 0.3) is 0 Å². The van der Waals surface area contributed by atoms with Crippen molar-refractivity contribution in [2.75, 3.05) is 20.3 Å². The molecule has 140 valence electrons. The van der Waals surface area contributed by atoms with Crippen LogP contribution in [0, 0.1) is 6.92 Å². The van der Waals surface area contributed by atoms with Crippen LogP contribution in [0.25, 0.3) is 0 Å². The monoisotopic (exact) mass is 364 g/mol. The maximum atomic E-state index is 5.94. The van der Waals surface area contributed by atoms with Gasteiger partial charge in [0.2, 0.25) is 0 Å². The lowest BCUT2D eigenvalue weighted by Crippen LogP contribution is -2.23. The fourth-order valence-corrected chi connectivity index (χ4v) is 3.37. The minimum Gasteiger partial charge on any atom is -0.497 e. The first-order valence-corrected chi connectivity index (χ1v) is 9.16. The summed E-state index contributed by atoms with van der Waals surface area (Å²) in [5, 5.41) is 8.67. The number of ether oxygens (including phenoxy) is 2. The molecule has 2 aromatic carbocycles. The normalized spacial score (nSPS) is 17.3. The fraction of sp³-hybridized carbons (Fsp3) is 0.333. The Kier molecular flexibility index (Phi) is 5.18. The van der Waals surface area contributed by atoms with E-state index in [-0.39, 0.29) is 6.23 Å². The van der Waals surface area contributed by atoms with Crippen LogP contribution in [0.1, 0.15) is 28.6 Å². The molecular formula is C21H24N4O2. The number of aromatic nitrogens is 3. The average Bonchev–Trinajstić information content (AvgIpc) is 3.33. The van der Waals surface area contributed by atoms with E-state index in [1.807, 2.05) is 23.0 Å². The van der Waals surface area contributed by atoms with Crippen molar-refractivity contribution in [1.82, 2.24) is 19.9 Å². The molecule has 3 aromatic rings. The molecule has 1 atom stereocenters. The molecule has 1 saturated heterocycles. The highest BCUT2D eigenvalue weighted by Crippen LogP contribution is 2.27. The Morgan fingerprint density at radius 2 is 1.93 bits per heavy atom. The summed E-state index contributed by atoms with van der Waals surface area (Å²) in [7, 11) is 1.68. The van der Waals surface area contributed by atoms with E-state index in [9.17, 15) is 0 Å². The zero-order valence-electron chi connectivity index (χ0n) is 15.7. The third-order valence-corrected chi connectivity index (χ3v) is 4.93. The van der Waals surface area contributed by atoms with E-state index in [1.165, 1.54) is 16.7 Å². The average molecular weight is 364 g/mol. The van der Waals surface area contributed by atoms with Crippen LogP contribution in [0.3, 0.4) is 0 Å². The molecule has 27 heavy (non-hydrogen) atoms. The van der Waals surface area contributed by atoms with Gasteiger partial charge in [-0.15, -0.1) is 5.10 Å². The Morgan fingerprint density at radius 1 is 1.11 bits per heavy atom. The Hall–Kier alpha value is -2.70. The second-order valence-electron chi connectivity index (χ2n) is 6.81. The van der Waals surface area contributed by atoms with Gasteiger partial charge < -0.3 is 9.47 Å². The summed E-state index contributed by atoms with van der Waals surface area (Å²) in [5.74, 6) is 0.868. The molecule has 0 aliphatic carbocycles. The number of nitrogens with zero attached hydrogens (tertiary/aromatic N) is 4. The first-order chi connectivity index (χ1) is 13.2. The van der Waals surface area contributed by atoms with E-state index in [2.05, 4.69) is 58.5 Å². The molecule has 0 saturated carbocycles. The van der Waals surface area contributed by atoms with Gasteiger partial charge in [0.05, 0.1) is 26.5 Å². The molecule has 0 N–H and O–H groups in total. The van der Waals surface area contributed by atoms with Crippen molar-refractivity contribution >= 4 is 0 Å². The Bertz CT molecular complexity index is 891. The van der Waals surface area contributed by atoms with Crippen LogP contribution in [0.2, 0.25) is 0 Å². The number of benzene rings is 2. The quantitative estimate of drug-likeness (QED) is 0.672. The van der Waals surface area contributed by atoms with E-state index in [0.29, 0.717) is 13.2 Å². The maximum absolute atomic E-state index is 5.94. The minimum atomic E-state index is -0.155.